The summed E-state index contributed by atoms with van der Waals surface area (Å²) in [7, 11) is 0. The van der Waals surface area contributed by atoms with Crippen molar-refractivity contribution in [3.05, 3.63) is 16.1 Å². The summed E-state index contributed by atoms with van der Waals surface area (Å²) in [5, 5.41) is 9.49. The van der Waals surface area contributed by atoms with Gasteiger partial charge < -0.3 is 4.74 Å². The van der Waals surface area contributed by atoms with E-state index in [0.717, 1.165) is 37.8 Å². The number of rotatable bonds is 3. The van der Waals surface area contributed by atoms with E-state index in [1.165, 1.54) is 4.88 Å². The second-order valence-electron chi connectivity index (χ2n) is 5.16. The maximum absolute atomic E-state index is 9.49. The van der Waals surface area contributed by atoms with Gasteiger partial charge in [-0.1, -0.05) is 0 Å². The molecule has 0 amide bonds. The highest BCUT2D eigenvalue weighted by molar-refractivity contribution is 7.09. The van der Waals surface area contributed by atoms with Crippen molar-refractivity contribution in [1.82, 2.24) is 4.98 Å². The fourth-order valence-corrected chi connectivity index (χ4v) is 3.92. The predicted molar refractivity (Wildman–Crippen MR) is 65.7 cm³/mol. The Labute approximate surface area is 105 Å². The lowest BCUT2D eigenvalue weighted by atomic mass is 9.72. The molecule has 0 saturated carbocycles. The van der Waals surface area contributed by atoms with Crippen molar-refractivity contribution in [3.63, 3.8) is 0 Å². The molecule has 17 heavy (non-hydrogen) atoms. The number of hydrogen-bond acceptors (Lipinski definition) is 4. The summed E-state index contributed by atoms with van der Waals surface area (Å²) >= 11 is 1.70. The summed E-state index contributed by atoms with van der Waals surface area (Å²) < 4.78 is 5.84. The molecule has 0 N–H and O–H groups in total. The summed E-state index contributed by atoms with van der Waals surface area (Å²) in [5.74, 6) is 0. The van der Waals surface area contributed by atoms with E-state index in [2.05, 4.69) is 11.1 Å². The SMILES string of the molecule is Cc1ncsc1CCC1(C#N)CC2CCC1O2. The average Bonchev–Trinajstić information content (AvgIpc) is 3.02. The van der Waals surface area contributed by atoms with Crippen molar-refractivity contribution in [1.29, 1.82) is 5.26 Å². The molecule has 0 aromatic carbocycles. The first kappa shape index (κ1) is 11.2. The van der Waals surface area contributed by atoms with Crippen molar-refractivity contribution >= 4 is 11.3 Å². The molecule has 4 heteroatoms. The van der Waals surface area contributed by atoms with Crippen LogP contribution < -0.4 is 0 Å². The maximum Gasteiger partial charge on any atom is 0.0863 e. The number of hydrogen-bond donors (Lipinski definition) is 0. The summed E-state index contributed by atoms with van der Waals surface area (Å²) in [6.07, 6.45) is 5.58. The Morgan fingerprint density at radius 1 is 1.65 bits per heavy atom. The van der Waals surface area contributed by atoms with Gasteiger partial charge in [0, 0.05) is 4.88 Å². The van der Waals surface area contributed by atoms with Crippen molar-refractivity contribution in [2.45, 2.75) is 51.2 Å². The third kappa shape index (κ3) is 1.78. The van der Waals surface area contributed by atoms with Gasteiger partial charge in [0.05, 0.1) is 34.9 Å². The van der Waals surface area contributed by atoms with Crippen LogP contribution in [0.2, 0.25) is 0 Å². The second kappa shape index (κ2) is 4.08. The van der Waals surface area contributed by atoms with Crippen LogP contribution in [0, 0.1) is 23.7 Å². The van der Waals surface area contributed by atoms with Gasteiger partial charge in [-0.25, -0.2) is 4.98 Å². The van der Waals surface area contributed by atoms with Crippen molar-refractivity contribution in [3.8, 4) is 6.07 Å². The highest BCUT2D eigenvalue weighted by Crippen LogP contribution is 2.50. The van der Waals surface area contributed by atoms with Gasteiger partial charge in [-0.3, -0.25) is 0 Å². The van der Waals surface area contributed by atoms with Crippen LogP contribution >= 0.6 is 11.3 Å². The fraction of sp³-hybridized carbons (Fsp3) is 0.692. The van der Waals surface area contributed by atoms with E-state index in [0.29, 0.717) is 6.10 Å². The third-order valence-electron chi connectivity index (χ3n) is 4.18. The van der Waals surface area contributed by atoms with Crippen LogP contribution in [0.1, 0.15) is 36.3 Å². The second-order valence-corrected chi connectivity index (χ2v) is 6.10. The minimum atomic E-state index is -0.223. The van der Waals surface area contributed by atoms with Crippen LogP contribution in [0.15, 0.2) is 5.51 Å². The van der Waals surface area contributed by atoms with E-state index in [1.54, 1.807) is 11.3 Å². The van der Waals surface area contributed by atoms with Crippen molar-refractivity contribution < 1.29 is 4.74 Å². The summed E-state index contributed by atoms with van der Waals surface area (Å²) in [6, 6.07) is 2.55. The molecule has 0 spiro atoms. The first-order chi connectivity index (χ1) is 8.23. The molecular weight excluding hydrogens is 232 g/mol. The quantitative estimate of drug-likeness (QED) is 0.826. The normalized spacial score (nSPS) is 35.1. The molecule has 0 aliphatic carbocycles. The Morgan fingerprint density at radius 3 is 3.06 bits per heavy atom. The Morgan fingerprint density at radius 2 is 2.53 bits per heavy atom. The molecular formula is C13H16N2OS. The van der Waals surface area contributed by atoms with Crippen LogP contribution in [0.5, 0.6) is 0 Å². The Bertz CT molecular complexity index is 464. The Hall–Kier alpha value is -0.920. The molecule has 1 aromatic heterocycles. The largest absolute Gasteiger partial charge is 0.373 e. The van der Waals surface area contributed by atoms with Crippen molar-refractivity contribution in [2.75, 3.05) is 0 Å². The molecule has 2 saturated heterocycles. The Balaban J connectivity index is 1.72. The van der Waals surface area contributed by atoms with Gasteiger partial charge in [0.1, 0.15) is 0 Å². The van der Waals surface area contributed by atoms with E-state index < -0.39 is 0 Å². The van der Waals surface area contributed by atoms with Gasteiger partial charge in [0.25, 0.3) is 0 Å². The molecule has 2 bridgehead atoms. The summed E-state index contributed by atoms with van der Waals surface area (Å²) in [6.45, 7) is 2.04. The van der Waals surface area contributed by atoms with Crippen LogP contribution in [0.3, 0.4) is 0 Å². The van der Waals surface area contributed by atoms with Gasteiger partial charge >= 0.3 is 0 Å². The van der Waals surface area contributed by atoms with Crippen LogP contribution in [0.25, 0.3) is 0 Å². The number of fused-ring (bicyclic) bond motifs is 2. The predicted octanol–water partition coefficient (Wildman–Crippen LogP) is 2.85. The van der Waals surface area contributed by atoms with Gasteiger partial charge in [0.15, 0.2) is 0 Å². The lowest BCUT2D eigenvalue weighted by Gasteiger charge is -2.27. The van der Waals surface area contributed by atoms with E-state index >= 15 is 0 Å². The van der Waals surface area contributed by atoms with Gasteiger partial charge in [0.2, 0.25) is 0 Å². The maximum atomic E-state index is 9.49. The monoisotopic (exact) mass is 248 g/mol. The van der Waals surface area contributed by atoms with E-state index in [4.69, 9.17) is 4.74 Å². The van der Waals surface area contributed by atoms with Gasteiger partial charge in [-0.05, 0) is 39.0 Å². The number of ether oxygens (including phenoxy) is 1. The molecule has 3 unspecified atom stereocenters. The highest BCUT2D eigenvalue weighted by Gasteiger charge is 2.52. The lowest BCUT2D eigenvalue weighted by molar-refractivity contribution is 0.0764. The van der Waals surface area contributed by atoms with E-state index in [9.17, 15) is 5.26 Å². The van der Waals surface area contributed by atoms with E-state index in [-0.39, 0.29) is 11.5 Å². The molecule has 2 aliphatic rings. The number of nitriles is 1. The number of aryl methyl sites for hydroxylation is 2. The smallest absolute Gasteiger partial charge is 0.0863 e. The molecule has 3 atom stereocenters. The highest BCUT2D eigenvalue weighted by atomic mass is 32.1. The average molecular weight is 248 g/mol. The first-order valence-electron chi connectivity index (χ1n) is 6.19. The molecule has 1 aromatic rings. The van der Waals surface area contributed by atoms with Crippen molar-refractivity contribution in [2.24, 2.45) is 5.41 Å². The zero-order chi connectivity index (χ0) is 11.9. The lowest BCUT2D eigenvalue weighted by Crippen LogP contribution is -2.31. The van der Waals surface area contributed by atoms with Crippen LogP contribution in [0.4, 0.5) is 0 Å². The number of nitrogens with zero attached hydrogens (tertiary/aromatic N) is 2. The minimum Gasteiger partial charge on any atom is -0.373 e. The summed E-state index contributed by atoms with van der Waals surface area (Å²) in [4.78, 5) is 5.58. The molecule has 2 fully saturated rings. The van der Waals surface area contributed by atoms with Gasteiger partial charge in [-0.15, -0.1) is 11.3 Å². The third-order valence-corrected chi connectivity index (χ3v) is 5.18. The standard InChI is InChI=1S/C13H16N2OS/c1-9-11(17-8-15-9)4-5-13(7-14)6-10-2-3-12(13)16-10/h8,10,12H,2-6H2,1H3. The Kier molecular flexibility index (Phi) is 2.68. The summed E-state index contributed by atoms with van der Waals surface area (Å²) in [5.41, 5.74) is 2.78. The van der Waals surface area contributed by atoms with E-state index in [1.807, 2.05) is 12.4 Å². The molecule has 3 heterocycles. The zero-order valence-corrected chi connectivity index (χ0v) is 10.8. The molecule has 2 aliphatic heterocycles. The number of aromatic nitrogens is 1. The topological polar surface area (TPSA) is 45.9 Å². The molecule has 3 rings (SSSR count). The minimum absolute atomic E-state index is 0.186. The van der Waals surface area contributed by atoms with Gasteiger partial charge in [-0.2, -0.15) is 5.26 Å². The fourth-order valence-electron chi connectivity index (χ4n) is 3.14. The van der Waals surface area contributed by atoms with Crippen LogP contribution in [-0.4, -0.2) is 17.2 Å². The molecule has 90 valence electrons. The van der Waals surface area contributed by atoms with Crippen LogP contribution in [-0.2, 0) is 11.2 Å². The molecule has 3 nitrogen and oxygen atoms in total. The first-order valence-corrected chi connectivity index (χ1v) is 7.07. The number of thiazole rings is 1. The molecule has 0 radical (unpaired) electrons. The zero-order valence-electron chi connectivity index (χ0n) is 9.98.